The summed E-state index contributed by atoms with van der Waals surface area (Å²) < 4.78 is 11.5. The molecule has 6 heteroatoms. The zero-order valence-corrected chi connectivity index (χ0v) is 17.2. The first-order valence-electron chi connectivity index (χ1n) is 8.32. The number of ether oxygens (including phenoxy) is 2. The molecule has 0 spiro atoms. The van der Waals surface area contributed by atoms with Crippen molar-refractivity contribution in [2.24, 2.45) is 5.10 Å². The Kier molecular flexibility index (Phi) is 6.28. The number of rotatable bonds is 6. The first-order chi connectivity index (χ1) is 13.1. The normalized spacial score (nSPS) is 10.9. The molecular weight excluding hydrogens is 455 g/mol. The van der Waals surface area contributed by atoms with Crippen LogP contribution in [0.15, 0.2) is 59.7 Å². The van der Waals surface area contributed by atoms with Crippen molar-refractivity contribution in [1.82, 2.24) is 5.43 Å². The summed E-state index contributed by atoms with van der Waals surface area (Å²) in [6, 6.07) is 17.7. The Morgan fingerprint density at radius 2 is 1.89 bits per heavy atom. The largest absolute Gasteiger partial charge is 0.493 e. The SMILES string of the molecule is COc1cc(/C=N\NC(=O)Cc2cccc3ccccc23)cc(I)c1OC. The van der Waals surface area contributed by atoms with E-state index in [1.165, 1.54) is 0 Å². The van der Waals surface area contributed by atoms with Gasteiger partial charge in [-0.3, -0.25) is 4.79 Å². The molecule has 3 rings (SSSR count). The Balaban J connectivity index is 1.69. The van der Waals surface area contributed by atoms with Crippen LogP contribution in [0.5, 0.6) is 11.5 Å². The summed E-state index contributed by atoms with van der Waals surface area (Å²) in [5.41, 5.74) is 4.37. The van der Waals surface area contributed by atoms with E-state index in [1.807, 2.05) is 48.5 Å². The molecule has 0 fully saturated rings. The molecule has 3 aromatic carbocycles. The Morgan fingerprint density at radius 3 is 2.67 bits per heavy atom. The summed E-state index contributed by atoms with van der Waals surface area (Å²) in [5, 5.41) is 6.26. The molecule has 138 valence electrons. The quantitative estimate of drug-likeness (QED) is 0.332. The van der Waals surface area contributed by atoms with E-state index in [9.17, 15) is 4.79 Å². The van der Waals surface area contributed by atoms with E-state index in [1.54, 1.807) is 26.5 Å². The van der Waals surface area contributed by atoms with Crippen molar-refractivity contribution in [3.05, 3.63) is 69.3 Å². The van der Waals surface area contributed by atoms with Crippen LogP contribution in [0.2, 0.25) is 0 Å². The van der Waals surface area contributed by atoms with Crippen molar-refractivity contribution in [2.45, 2.75) is 6.42 Å². The highest BCUT2D eigenvalue weighted by Crippen LogP contribution is 2.33. The maximum absolute atomic E-state index is 12.3. The fraction of sp³-hybridized carbons (Fsp3) is 0.143. The second-order valence-electron chi connectivity index (χ2n) is 5.85. The number of hydrogen-bond acceptors (Lipinski definition) is 4. The maximum Gasteiger partial charge on any atom is 0.244 e. The van der Waals surface area contributed by atoms with Crippen LogP contribution in [0.3, 0.4) is 0 Å². The number of carbonyl (C=O) groups is 1. The van der Waals surface area contributed by atoms with Crippen LogP contribution in [-0.4, -0.2) is 26.3 Å². The fourth-order valence-corrected chi connectivity index (χ4v) is 3.70. The van der Waals surface area contributed by atoms with E-state index >= 15 is 0 Å². The first kappa shape index (κ1) is 19.2. The molecule has 1 N–H and O–H groups in total. The molecule has 0 aliphatic carbocycles. The molecule has 0 unspecified atom stereocenters. The number of nitrogens with one attached hydrogen (secondary N) is 1. The molecule has 0 atom stereocenters. The van der Waals surface area contributed by atoms with Gasteiger partial charge in [-0.05, 0) is 56.6 Å². The number of hydrazone groups is 1. The van der Waals surface area contributed by atoms with Crippen LogP contribution in [-0.2, 0) is 11.2 Å². The van der Waals surface area contributed by atoms with Gasteiger partial charge in [-0.2, -0.15) is 5.10 Å². The molecule has 1 amide bonds. The van der Waals surface area contributed by atoms with Gasteiger partial charge >= 0.3 is 0 Å². The second kappa shape index (κ2) is 8.85. The number of amides is 1. The van der Waals surface area contributed by atoms with E-state index in [0.717, 1.165) is 25.5 Å². The minimum atomic E-state index is -0.169. The third-order valence-electron chi connectivity index (χ3n) is 4.09. The van der Waals surface area contributed by atoms with Crippen molar-refractivity contribution >= 4 is 45.5 Å². The van der Waals surface area contributed by atoms with Crippen molar-refractivity contribution in [1.29, 1.82) is 0 Å². The zero-order chi connectivity index (χ0) is 19.2. The molecule has 3 aromatic rings. The van der Waals surface area contributed by atoms with E-state index < -0.39 is 0 Å². The van der Waals surface area contributed by atoms with Gasteiger partial charge in [-0.25, -0.2) is 5.43 Å². The highest BCUT2D eigenvalue weighted by molar-refractivity contribution is 14.1. The Bertz CT molecular complexity index is 997. The first-order valence-corrected chi connectivity index (χ1v) is 9.40. The molecule has 0 aliphatic rings. The van der Waals surface area contributed by atoms with Gasteiger partial charge in [-0.1, -0.05) is 42.5 Å². The lowest BCUT2D eigenvalue weighted by Gasteiger charge is -2.10. The zero-order valence-electron chi connectivity index (χ0n) is 15.0. The monoisotopic (exact) mass is 474 g/mol. The summed E-state index contributed by atoms with van der Waals surface area (Å²) >= 11 is 2.17. The van der Waals surface area contributed by atoms with Gasteiger partial charge in [-0.15, -0.1) is 0 Å². The standard InChI is InChI=1S/C21H19IN2O3/c1-26-19-11-14(10-18(22)21(19)27-2)13-23-24-20(25)12-16-8-5-7-15-6-3-4-9-17(15)16/h3-11,13H,12H2,1-2H3,(H,24,25)/b23-13-. The molecule has 5 nitrogen and oxygen atoms in total. The van der Waals surface area contributed by atoms with Gasteiger partial charge in [0.2, 0.25) is 5.91 Å². The van der Waals surface area contributed by atoms with Crippen LogP contribution >= 0.6 is 22.6 Å². The number of hydrogen-bond donors (Lipinski definition) is 1. The van der Waals surface area contributed by atoms with E-state index in [0.29, 0.717) is 11.5 Å². The van der Waals surface area contributed by atoms with Gasteiger partial charge in [0.1, 0.15) is 0 Å². The van der Waals surface area contributed by atoms with Crippen molar-refractivity contribution in [3.63, 3.8) is 0 Å². The van der Waals surface area contributed by atoms with Crippen LogP contribution in [0, 0.1) is 3.57 Å². The van der Waals surface area contributed by atoms with Crippen LogP contribution in [0.1, 0.15) is 11.1 Å². The van der Waals surface area contributed by atoms with E-state index in [2.05, 4.69) is 33.1 Å². The summed E-state index contributed by atoms with van der Waals surface area (Å²) in [4.78, 5) is 12.3. The number of nitrogens with zero attached hydrogens (tertiary/aromatic N) is 1. The topological polar surface area (TPSA) is 59.9 Å². The lowest BCUT2D eigenvalue weighted by atomic mass is 10.0. The molecule has 0 saturated heterocycles. The summed E-state index contributed by atoms with van der Waals surface area (Å²) in [6.07, 6.45) is 1.85. The number of fused-ring (bicyclic) bond motifs is 1. The second-order valence-corrected chi connectivity index (χ2v) is 7.01. The number of methoxy groups -OCH3 is 2. The minimum absolute atomic E-state index is 0.169. The molecule has 0 bridgehead atoms. The van der Waals surface area contributed by atoms with Gasteiger partial charge in [0.15, 0.2) is 11.5 Å². The predicted octanol–water partition coefficient (Wildman–Crippen LogP) is 4.15. The van der Waals surface area contributed by atoms with Crippen LogP contribution < -0.4 is 14.9 Å². The summed E-state index contributed by atoms with van der Waals surface area (Å²) in [6.45, 7) is 0. The molecule has 0 aromatic heterocycles. The third kappa shape index (κ3) is 4.57. The highest BCUT2D eigenvalue weighted by Gasteiger charge is 2.10. The average Bonchev–Trinajstić information content (AvgIpc) is 2.68. The summed E-state index contributed by atoms with van der Waals surface area (Å²) in [5.74, 6) is 1.13. The minimum Gasteiger partial charge on any atom is -0.493 e. The average molecular weight is 474 g/mol. The Labute approximate surface area is 171 Å². The number of carbonyl (C=O) groups excluding carboxylic acids is 1. The van der Waals surface area contributed by atoms with Gasteiger partial charge in [0.25, 0.3) is 0 Å². The van der Waals surface area contributed by atoms with Crippen molar-refractivity contribution in [2.75, 3.05) is 14.2 Å². The maximum atomic E-state index is 12.3. The summed E-state index contributed by atoms with van der Waals surface area (Å²) in [7, 11) is 3.18. The molecular formula is C21H19IN2O3. The number of halogens is 1. The van der Waals surface area contributed by atoms with Crippen molar-refractivity contribution < 1.29 is 14.3 Å². The Hall–Kier alpha value is -2.61. The molecule has 0 heterocycles. The fourth-order valence-electron chi connectivity index (χ4n) is 2.85. The smallest absolute Gasteiger partial charge is 0.244 e. The lowest BCUT2D eigenvalue weighted by Crippen LogP contribution is -2.19. The van der Waals surface area contributed by atoms with Crippen LogP contribution in [0.25, 0.3) is 10.8 Å². The van der Waals surface area contributed by atoms with E-state index in [-0.39, 0.29) is 12.3 Å². The van der Waals surface area contributed by atoms with E-state index in [4.69, 9.17) is 9.47 Å². The molecule has 0 aliphatic heterocycles. The molecule has 0 radical (unpaired) electrons. The third-order valence-corrected chi connectivity index (χ3v) is 4.89. The predicted molar refractivity (Wildman–Crippen MR) is 116 cm³/mol. The molecule has 27 heavy (non-hydrogen) atoms. The Morgan fingerprint density at radius 1 is 1.11 bits per heavy atom. The van der Waals surface area contributed by atoms with Gasteiger partial charge in [0.05, 0.1) is 30.4 Å². The van der Waals surface area contributed by atoms with Gasteiger partial charge < -0.3 is 9.47 Å². The van der Waals surface area contributed by atoms with Crippen molar-refractivity contribution in [3.8, 4) is 11.5 Å². The highest BCUT2D eigenvalue weighted by atomic mass is 127. The molecule has 0 saturated carbocycles. The number of benzene rings is 3. The van der Waals surface area contributed by atoms with Crippen LogP contribution in [0.4, 0.5) is 0 Å². The lowest BCUT2D eigenvalue weighted by molar-refractivity contribution is -0.120. The van der Waals surface area contributed by atoms with Gasteiger partial charge in [0, 0.05) is 0 Å².